The van der Waals surface area contributed by atoms with Gasteiger partial charge in [0.1, 0.15) is 0 Å². The molecule has 0 amide bonds. The molecule has 88 valence electrons. The van der Waals surface area contributed by atoms with Crippen molar-refractivity contribution in [3.8, 4) is 0 Å². The molecule has 0 saturated carbocycles. The predicted octanol–water partition coefficient (Wildman–Crippen LogP) is 2.00. The van der Waals surface area contributed by atoms with Crippen molar-refractivity contribution in [2.45, 2.75) is 0 Å². The first kappa shape index (κ1) is 11.3. The van der Waals surface area contributed by atoms with E-state index in [-0.39, 0.29) is 5.84 Å². The lowest BCUT2D eigenvalue weighted by Crippen LogP contribution is -2.15. The second-order valence-corrected chi connectivity index (χ2v) is 4.06. The molecular formula is C13H15N3O. The average molecular weight is 229 g/mol. The summed E-state index contributed by atoms with van der Waals surface area (Å²) in [5, 5.41) is 13.9. The number of hydrogen-bond acceptors (Lipinski definition) is 3. The molecular weight excluding hydrogens is 214 g/mol. The topological polar surface area (TPSA) is 61.8 Å². The Hall–Kier alpha value is -2.23. The molecule has 3 N–H and O–H groups in total. The number of hydrogen-bond donors (Lipinski definition) is 2. The number of rotatable bonds is 2. The highest BCUT2D eigenvalue weighted by molar-refractivity contribution is 6.11. The molecule has 4 heteroatoms. The van der Waals surface area contributed by atoms with E-state index in [9.17, 15) is 0 Å². The van der Waals surface area contributed by atoms with Crippen LogP contribution in [0.1, 0.15) is 5.56 Å². The van der Waals surface area contributed by atoms with Gasteiger partial charge in [0.15, 0.2) is 5.84 Å². The van der Waals surface area contributed by atoms with Crippen molar-refractivity contribution in [3.63, 3.8) is 0 Å². The minimum atomic E-state index is 0.131. The molecule has 0 atom stereocenters. The van der Waals surface area contributed by atoms with Gasteiger partial charge in [0, 0.05) is 30.7 Å². The third-order valence-electron chi connectivity index (χ3n) is 2.77. The molecule has 4 nitrogen and oxygen atoms in total. The van der Waals surface area contributed by atoms with E-state index in [1.807, 2.05) is 55.4 Å². The normalized spacial score (nSPS) is 11.8. The van der Waals surface area contributed by atoms with Crippen LogP contribution < -0.4 is 10.6 Å². The van der Waals surface area contributed by atoms with Crippen molar-refractivity contribution in [1.82, 2.24) is 0 Å². The molecule has 0 heterocycles. The van der Waals surface area contributed by atoms with Gasteiger partial charge in [0.2, 0.25) is 0 Å². The Morgan fingerprint density at radius 3 is 2.35 bits per heavy atom. The van der Waals surface area contributed by atoms with Crippen LogP contribution in [0.2, 0.25) is 0 Å². The molecule has 0 radical (unpaired) electrons. The van der Waals surface area contributed by atoms with E-state index < -0.39 is 0 Å². The van der Waals surface area contributed by atoms with Crippen molar-refractivity contribution >= 4 is 22.3 Å². The molecule has 0 aliphatic carbocycles. The van der Waals surface area contributed by atoms with Gasteiger partial charge >= 0.3 is 0 Å². The van der Waals surface area contributed by atoms with E-state index in [4.69, 9.17) is 10.9 Å². The number of nitrogens with zero attached hydrogens (tertiary/aromatic N) is 2. The number of amidine groups is 1. The summed E-state index contributed by atoms with van der Waals surface area (Å²) in [5.41, 5.74) is 7.52. The molecule has 0 aliphatic heterocycles. The van der Waals surface area contributed by atoms with E-state index in [0.717, 1.165) is 22.0 Å². The standard InChI is InChI=1S/C13H15N3O/c1-16(2)12-8-7-11(13(14)15-17)9-5-3-4-6-10(9)12/h3-8,17H,1-2H3,(H2,14,15). The Balaban J connectivity index is 2.80. The van der Waals surface area contributed by atoms with E-state index in [0.29, 0.717) is 0 Å². The third-order valence-corrected chi connectivity index (χ3v) is 2.77. The van der Waals surface area contributed by atoms with Crippen molar-refractivity contribution in [3.05, 3.63) is 42.0 Å². The van der Waals surface area contributed by atoms with Crippen LogP contribution in [-0.4, -0.2) is 25.1 Å². The van der Waals surface area contributed by atoms with Gasteiger partial charge in [-0.25, -0.2) is 0 Å². The zero-order valence-corrected chi connectivity index (χ0v) is 9.88. The number of fused-ring (bicyclic) bond motifs is 1. The monoisotopic (exact) mass is 229 g/mol. The fourth-order valence-electron chi connectivity index (χ4n) is 1.95. The molecule has 0 bridgehead atoms. The maximum atomic E-state index is 8.78. The zero-order valence-electron chi connectivity index (χ0n) is 9.88. The SMILES string of the molecule is CN(C)c1ccc(/C(N)=N/O)c2ccccc12. The van der Waals surface area contributed by atoms with Crippen LogP contribution in [0.15, 0.2) is 41.6 Å². The summed E-state index contributed by atoms with van der Waals surface area (Å²) in [7, 11) is 3.98. The van der Waals surface area contributed by atoms with Crippen LogP contribution in [0.4, 0.5) is 5.69 Å². The van der Waals surface area contributed by atoms with Gasteiger partial charge in [0.05, 0.1) is 0 Å². The van der Waals surface area contributed by atoms with E-state index in [1.54, 1.807) is 0 Å². The van der Waals surface area contributed by atoms with Crippen LogP contribution in [0.3, 0.4) is 0 Å². The molecule has 2 rings (SSSR count). The second kappa shape index (κ2) is 4.33. The fraction of sp³-hybridized carbons (Fsp3) is 0.154. The summed E-state index contributed by atoms with van der Waals surface area (Å²) in [6.07, 6.45) is 0. The van der Waals surface area contributed by atoms with Gasteiger partial charge in [0.25, 0.3) is 0 Å². The second-order valence-electron chi connectivity index (χ2n) is 4.06. The Morgan fingerprint density at radius 2 is 1.76 bits per heavy atom. The summed E-state index contributed by atoms with van der Waals surface area (Å²) in [5.74, 6) is 0.131. The fourth-order valence-corrected chi connectivity index (χ4v) is 1.95. The van der Waals surface area contributed by atoms with Crippen molar-refractivity contribution in [2.24, 2.45) is 10.9 Å². The molecule has 0 spiro atoms. The lowest BCUT2D eigenvalue weighted by Gasteiger charge is -2.17. The lowest BCUT2D eigenvalue weighted by molar-refractivity contribution is 0.318. The van der Waals surface area contributed by atoms with Gasteiger partial charge in [-0.15, -0.1) is 0 Å². The maximum Gasteiger partial charge on any atom is 0.170 e. The lowest BCUT2D eigenvalue weighted by atomic mass is 10.0. The third kappa shape index (κ3) is 1.89. The average Bonchev–Trinajstić information content (AvgIpc) is 2.36. The summed E-state index contributed by atoms with van der Waals surface area (Å²) < 4.78 is 0. The van der Waals surface area contributed by atoms with Crippen molar-refractivity contribution in [1.29, 1.82) is 0 Å². The molecule has 0 fully saturated rings. The highest BCUT2D eigenvalue weighted by Crippen LogP contribution is 2.28. The Morgan fingerprint density at radius 1 is 1.12 bits per heavy atom. The van der Waals surface area contributed by atoms with Gasteiger partial charge in [-0.3, -0.25) is 0 Å². The summed E-state index contributed by atoms with van der Waals surface area (Å²) in [4.78, 5) is 2.04. The summed E-state index contributed by atoms with van der Waals surface area (Å²) in [6.45, 7) is 0. The molecule has 2 aromatic carbocycles. The van der Waals surface area contributed by atoms with Gasteiger partial charge in [-0.2, -0.15) is 0 Å². The highest BCUT2D eigenvalue weighted by atomic mass is 16.4. The van der Waals surface area contributed by atoms with Crippen molar-refractivity contribution in [2.75, 3.05) is 19.0 Å². The molecule has 0 aromatic heterocycles. The molecule has 0 unspecified atom stereocenters. The van der Waals surface area contributed by atoms with Crippen LogP contribution in [0, 0.1) is 0 Å². The van der Waals surface area contributed by atoms with E-state index in [2.05, 4.69) is 5.16 Å². The molecule has 0 aliphatic rings. The van der Waals surface area contributed by atoms with E-state index >= 15 is 0 Å². The van der Waals surface area contributed by atoms with Crippen LogP contribution in [0.25, 0.3) is 10.8 Å². The molecule has 2 aromatic rings. The minimum Gasteiger partial charge on any atom is -0.409 e. The number of oxime groups is 1. The summed E-state index contributed by atoms with van der Waals surface area (Å²) in [6, 6.07) is 11.7. The number of benzene rings is 2. The number of nitrogens with two attached hydrogens (primary N) is 1. The first-order chi connectivity index (χ1) is 8.15. The minimum absolute atomic E-state index is 0.131. The van der Waals surface area contributed by atoms with Crippen LogP contribution in [0.5, 0.6) is 0 Å². The van der Waals surface area contributed by atoms with Gasteiger partial charge in [-0.1, -0.05) is 29.4 Å². The zero-order chi connectivity index (χ0) is 12.4. The highest BCUT2D eigenvalue weighted by Gasteiger charge is 2.09. The molecule has 0 saturated heterocycles. The van der Waals surface area contributed by atoms with Gasteiger partial charge in [-0.05, 0) is 17.5 Å². The summed E-state index contributed by atoms with van der Waals surface area (Å²) >= 11 is 0. The van der Waals surface area contributed by atoms with Crippen molar-refractivity contribution < 1.29 is 5.21 Å². The van der Waals surface area contributed by atoms with Crippen LogP contribution >= 0.6 is 0 Å². The Labute approximate surface area is 100.0 Å². The van der Waals surface area contributed by atoms with E-state index in [1.165, 1.54) is 0 Å². The smallest absolute Gasteiger partial charge is 0.170 e. The first-order valence-corrected chi connectivity index (χ1v) is 5.32. The Bertz CT molecular complexity index is 576. The number of anilines is 1. The predicted molar refractivity (Wildman–Crippen MR) is 70.8 cm³/mol. The molecule has 17 heavy (non-hydrogen) atoms. The van der Waals surface area contributed by atoms with Gasteiger partial charge < -0.3 is 15.8 Å². The van der Waals surface area contributed by atoms with Crippen LogP contribution in [-0.2, 0) is 0 Å². The first-order valence-electron chi connectivity index (χ1n) is 5.32. The largest absolute Gasteiger partial charge is 0.409 e. The quantitative estimate of drug-likeness (QED) is 0.358. The maximum absolute atomic E-state index is 8.78. The Kier molecular flexibility index (Phi) is 2.87.